The molecular weight excluding hydrogens is 726 g/mol. The molecule has 54 heavy (non-hydrogen) atoms. The highest BCUT2D eigenvalue weighted by Gasteiger charge is 2.23. The van der Waals surface area contributed by atoms with Crippen LogP contribution in [-0.2, 0) is 6.42 Å². The van der Waals surface area contributed by atoms with Crippen molar-refractivity contribution in [3.8, 4) is 16.8 Å². The van der Waals surface area contributed by atoms with E-state index in [9.17, 15) is 0 Å². The first-order valence-corrected chi connectivity index (χ1v) is 18.6. The fraction of sp³-hybridized carbons (Fsp3) is 0.0200. The first-order chi connectivity index (χ1) is 26.2. The van der Waals surface area contributed by atoms with Gasteiger partial charge in [0.05, 0.1) is 11.0 Å². The Bertz CT molecular complexity index is 3100. The second-order valence-electron chi connectivity index (χ2n) is 13.3. The quantitative estimate of drug-likeness (QED) is 0.156. The summed E-state index contributed by atoms with van der Waals surface area (Å²) in [4.78, 5) is 0. The third-order valence-corrected chi connectivity index (χ3v) is 10.8. The van der Waals surface area contributed by atoms with E-state index in [0.717, 1.165) is 55.2 Å². The van der Waals surface area contributed by atoms with Crippen LogP contribution in [0.1, 0.15) is 11.1 Å². The fourth-order valence-electron chi connectivity index (χ4n) is 7.89. The van der Waals surface area contributed by atoms with Gasteiger partial charge in [-0.3, -0.25) is 0 Å². The number of aromatic nitrogens is 1. The molecule has 3 nitrogen and oxygen atoms in total. The van der Waals surface area contributed by atoms with Crippen LogP contribution in [0.5, 0.6) is 0 Å². The molecule has 4 heteroatoms. The molecule has 0 amide bonds. The number of nitrogens with zero attached hydrogens (tertiary/aromatic N) is 1. The summed E-state index contributed by atoms with van der Waals surface area (Å²) in [6.45, 7) is 0. The van der Waals surface area contributed by atoms with Crippen molar-refractivity contribution in [3.05, 3.63) is 205 Å². The number of hydrogen-bond acceptors (Lipinski definition) is 2. The second-order valence-corrected chi connectivity index (χ2v) is 14.2. The fourth-order valence-corrected chi connectivity index (χ4v) is 8.20. The van der Waals surface area contributed by atoms with Gasteiger partial charge in [-0.25, -0.2) is 0 Å². The molecule has 0 saturated heterocycles. The van der Waals surface area contributed by atoms with Crippen molar-refractivity contribution in [2.24, 2.45) is 0 Å². The third kappa shape index (κ3) is 5.58. The molecule has 0 atom stereocenters. The summed E-state index contributed by atoms with van der Waals surface area (Å²) in [5.41, 5.74) is 12.8. The third-order valence-electron chi connectivity index (χ3n) is 10.3. The maximum Gasteiger partial charge on any atom is 0.160 e. The molecule has 0 N–H and O–H groups in total. The van der Waals surface area contributed by atoms with Crippen molar-refractivity contribution in [1.82, 2.24) is 4.57 Å². The minimum atomic E-state index is 0. The summed E-state index contributed by atoms with van der Waals surface area (Å²) in [6.07, 6.45) is 0.975. The normalized spacial score (nSPS) is 11.6. The topological polar surface area (TPSA) is 31.2 Å². The Labute approximate surface area is 321 Å². The molecule has 3 heterocycles. The lowest BCUT2D eigenvalue weighted by Gasteiger charge is -2.07. The van der Waals surface area contributed by atoms with E-state index in [1.54, 1.807) is 0 Å². The van der Waals surface area contributed by atoms with Gasteiger partial charge in [0.15, 0.2) is 5.58 Å². The number of para-hydroxylation sites is 4. The van der Waals surface area contributed by atoms with Crippen LogP contribution in [0.3, 0.4) is 0 Å². The number of furan rings is 2. The standard InChI is InChI=1S/C24H15NO.C19H12O.C6H5Br.CH3/c1-2-8-16(9-3-1)25-21-12-6-4-10-17(21)19-14-15-20-18-11-5-7-13-22(18)26-24(20)23(19)25;1-2-6-13-12(5-1)11-17-14(13)9-10-16-15-7-3-4-8-18(15)20-19(16)17;7-6-4-2-1-3-5-6;/h1-15H;1-10H,11H2;1-5H;1H3/q;;;-1. The number of hydrogen-bond donors (Lipinski definition) is 0. The molecule has 0 unspecified atom stereocenters. The van der Waals surface area contributed by atoms with Crippen molar-refractivity contribution < 1.29 is 8.83 Å². The van der Waals surface area contributed by atoms with Gasteiger partial charge in [0.1, 0.15) is 16.7 Å². The largest absolute Gasteiger partial charge is 0.456 e. The van der Waals surface area contributed by atoms with E-state index in [1.165, 1.54) is 49.3 Å². The number of benzene rings is 8. The Balaban J connectivity index is 0.000000122. The lowest BCUT2D eigenvalue weighted by Crippen LogP contribution is -1.93. The van der Waals surface area contributed by atoms with Crippen LogP contribution in [0.2, 0.25) is 0 Å². The summed E-state index contributed by atoms with van der Waals surface area (Å²) in [7, 11) is 0. The summed E-state index contributed by atoms with van der Waals surface area (Å²) >= 11 is 3.31. The van der Waals surface area contributed by atoms with Crippen LogP contribution >= 0.6 is 15.9 Å². The van der Waals surface area contributed by atoms with Crippen LogP contribution in [0.25, 0.3) is 82.5 Å². The molecule has 0 aliphatic heterocycles. The second kappa shape index (κ2) is 13.9. The molecule has 3 aromatic heterocycles. The van der Waals surface area contributed by atoms with Gasteiger partial charge in [-0.15, -0.1) is 0 Å². The molecule has 11 aromatic rings. The molecule has 1 aliphatic carbocycles. The number of fused-ring (bicyclic) bond motifs is 14. The van der Waals surface area contributed by atoms with Crippen LogP contribution in [0.15, 0.2) is 195 Å². The molecule has 1 aliphatic rings. The van der Waals surface area contributed by atoms with Gasteiger partial charge < -0.3 is 20.8 Å². The van der Waals surface area contributed by atoms with Gasteiger partial charge in [0, 0.05) is 54.5 Å². The average molecular weight is 762 g/mol. The van der Waals surface area contributed by atoms with Crippen LogP contribution in [0, 0.1) is 7.43 Å². The Morgan fingerprint density at radius 1 is 0.426 bits per heavy atom. The van der Waals surface area contributed by atoms with Crippen LogP contribution in [-0.4, -0.2) is 4.57 Å². The maximum atomic E-state index is 6.34. The predicted octanol–water partition coefficient (Wildman–Crippen LogP) is 14.7. The van der Waals surface area contributed by atoms with E-state index in [4.69, 9.17) is 8.83 Å². The van der Waals surface area contributed by atoms with E-state index in [-0.39, 0.29) is 7.43 Å². The van der Waals surface area contributed by atoms with Gasteiger partial charge in [-0.1, -0.05) is 143 Å². The highest BCUT2D eigenvalue weighted by atomic mass is 79.9. The molecule has 0 bridgehead atoms. The maximum absolute atomic E-state index is 6.34. The summed E-state index contributed by atoms with van der Waals surface area (Å²) < 4.78 is 15.9. The molecule has 0 saturated carbocycles. The van der Waals surface area contributed by atoms with Crippen molar-refractivity contribution in [1.29, 1.82) is 0 Å². The van der Waals surface area contributed by atoms with E-state index in [0.29, 0.717) is 0 Å². The lowest BCUT2D eigenvalue weighted by atomic mass is 10.0. The Kier molecular flexibility index (Phi) is 8.61. The number of rotatable bonds is 1. The smallest absolute Gasteiger partial charge is 0.160 e. The van der Waals surface area contributed by atoms with E-state index in [1.807, 2.05) is 60.7 Å². The number of halogens is 1. The molecule has 0 fully saturated rings. The summed E-state index contributed by atoms with van der Waals surface area (Å²) in [5.74, 6) is 0. The zero-order valence-electron chi connectivity index (χ0n) is 29.7. The molecule has 0 spiro atoms. The predicted molar refractivity (Wildman–Crippen MR) is 231 cm³/mol. The van der Waals surface area contributed by atoms with Crippen molar-refractivity contribution in [2.45, 2.75) is 6.42 Å². The van der Waals surface area contributed by atoms with Gasteiger partial charge in [-0.2, -0.15) is 0 Å². The summed E-state index contributed by atoms with van der Waals surface area (Å²) in [5, 5.41) is 7.22. The molecule has 260 valence electrons. The van der Waals surface area contributed by atoms with Gasteiger partial charge in [0.2, 0.25) is 0 Å². The van der Waals surface area contributed by atoms with Gasteiger partial charge in [0.25, 0.3) is 0 Å². The highest BCUT2D eigenvalue weighted by Crippen LogP contribution is 2.43. The van der Waals surface area contributed by atoms with Crippen LogP contribution in [0.4, 0.5) is 0 Å². The van der Waals surface area contributed by atoms with E-state index in [2.05, 4.69) is 142 Å². The van der Waals surface area contributed by atoms with Gasteiger partial charge >= 0.3 is 0 Å². The first kappa shape index (κ1) is 33.5. The average Bonchev–Trinajstić information content (AvgIpc) is 3.98. The zero-order chi connectivity index (χ0) is 35.3. The minimum absolute atomic E-state index is 0. The van der Waals surface area contributed by atoms with E-state index >= 15 is 0 Å². The summed E-state index contributed by atoms with van der Waals surface area (Å²) in [6, 6.07) is 63.0. The van der Waals surface area contributed by atoms with Crippen LogP contribution < -0.4 is 0 Å². The molecular formula is C50H35BrNO2-. The highest BCUT2D eigenvalue weighted by molar-refractivity contribution is 9.10. The Morgan fingerprint density at radius 2 is 0.963 bits per heavy atom. The van der Waals surface area contributed by atoms with Gasteiger partial charge in [-0.05, 0) is 71.3 Å². The van der Waals surface area contributed by atoms with Crippen molar-refractivity contribution in [3.63, 3.8) is 0 Å². The monoisotopic (exact) mass is 760 g/mol. The van der Waals surface area contributed by atoms with Crippen molar-refractivity contribution >= 4 is 81.6 Å². The molecule has 0 radical (unpaired) electrons. The Hall–Kier alpha value is -6.36. The molecule has 12 rings (SSSR count). The van der Waals surface area contributed by atoms with E-state index < -0.39 is 0 Å². The minimum Gasteiger partial charge on any atom is -0.456 e. The lowest BCUT2D eigenvalue weighted by molar-refractivity contribution is 0.665. The SMILES string of the molecule is Brc1ccccc1.[CH3-].c1ccc(-n2c3ccccc3c3ccc4c5ccccc5oc4c32)cc1.c1ccc2c(c1)Cc1c-2ccc2c1oc1ccccc12. The zero-order valence-corrected chi connectivity index (χ0v) is 31.3. The molecule has 8 aromatic carbocycles. The Morgan fingerprint density at radius 3 is 1.67 bits per heavy atom. The van der Waals surface area contributed by atoms with Crippen molar-refractivity contribution in [2.75, 3.05) is 0 Å². The first-order valence-electron chi connectivity index (χ1n) is 17.8.